The Morgan fingerprint density at radius 1 is 0.725 bits per heavy atom. The SMILES string of the molecule is CCC1O[C@H](OC2O[C@H]3C[C@H](C)[C@@H](O[C@@H]4C(NC(=O)OCc5ccccc5)C[C@@H](NC(=O)OCc5ccccc5)C(OC(=O)c5ccccc5)[C@H]4N=[N+]=[N-])OC3C3OC(=O)N(C)C23)C(C)[C@@H](C)[C@@H]1C. The van der Waals surface area contributed by atoms with Crippen molar-refractivity contribution in [3.05, 3.63) is 118 Å². The fourth-order valence-electron chi connectivity index (χ4n) is 10.2. The highest BCUT2D eigenvalue weighted by molar-refractivity contribution is 5.89. The molecular weight excluding hydrogens is 893 g/mol. The molecule has 3 aromatic carbocycles. The third-order valence-corrected chi connectivity index (χ3v) is 14.3. The fourth-order valence-corrected chi connectivity index (χ4v) is 10.2. The first-order valence-corrected chi connectivity index (χ1v) is 23.8. The molecule has 0 spiro atoms. The number of hydrogen-bond acceptors (Lipinski definition) is 14. The van der Waals surface area contributed by atoms with Crippen LogP contribution >= 0.6 is 0 Å². The monoisotopic (exact) mass is 954 g/mol. The summed E-state index contributed by atoms with van der Waals surface area (Å²) in [5.74, 6) is -0.523. The molecule has 8 unspecified atom stereocenters. The summed E-state index contributed by atoms with van der Waals surface area (Å²) in [5, 5.41) is 9.82. The lowest BCUT2D eigenvalue weighted by Crippen LogP contribution is -2.68. The van der Waals surface area contributed by atoms with E-state index in [4.69, 9.17) is 42.6 Å². The van der Waals surface area contributed by atoms with Crippen LogP contribution < -0.4 is 10.6 Å². The molecule has 17 atom stereocenters. The van der Waals surface area contributed by atoms with Crippen LogP contribution in [-0.4, -0.2) is 116 Å². The molecule has 0 radical (unpaired) electrons. The second-order valence-corrected chi connectivity index (χ2v) is 18.7. The summed E-state index contributed by atoms with van der Waals surface area (Å²) in [6.07, 6.45) is -8.72. The maximum atomic E-state index is 13.8. The Morgan fingerprint density at radius 2 is 1.32 bits per heavy atom. The minimum absolute atomic E-state index is 0.0116. The van der Waals surface area contributed by atoms with Crippen molar-refractivity contribution in [1.82, 2.24) is 15.5 Å². The highest BCUT2D eigenvalue weighted by Gasteiger charge is 2.60. The van der Waals surface area contributed by atoms with Gasteiger partial charge in [-0.2, -0.15) is 0 Å². The summed E-state index contributed by atoms with van der Waals surface area (Å²) in [6, 6.07) is 22.1. The van der Waals surface area contributed by atoms with Gasteiger partial charge in [0.2, 0.25) is 0 Å². The van der Waals surface area contributed by atoms with E-state index in [0.717, 1.165) is 17.5 Å². The Morgan fingerprint density at radius 3 is 1.91 bits per heavy atom. The van der Waals surface area contributed by atoms with Crippen LogP contribution in [0, 0.1) is 23.7 Å². The number of carbonyl (C=O) groups is 4. The van der Waals surface area contributed by atoms with Crippen LogP contribution in [-0.2, 0) is 55.8 Å². The van der Waals surface area contributed by atoms with E-state index in [2.05, 4.69) is 48.4 Å². The smallest absolute Gasteiger partial charge is 0.410 e. The van der Waals surface area contributed by atoms with Crippen LogP contribution in [0.2, 0.25) is 0 Å². The molecule has 4 heterocycles. The van der Waals surface area contributed by atoms with Crippen molar-refractivity contribution >= 4 is 24.2 Å². The number of alkyl carbamates (subject to hydrolysis) is 2. The maximum absolute atomic E-state index is 13.8. The second-order valence-electron chi connectivity index (χ2n) is 18.7. The molecule has 2 N–H and O–H groups in total. The van der Waals surface area contributed by atoms with Gasteiger partial charge in [0, 0.05) is 23.8 Å². The zero-order valence-corrected chi connectivity index (χ0v) is 39.6. The number of benzene rings is 3. The summed E-state index contributed by atoms with van der Waals surface area (Å²) >= 11 is 0. The molecule has 69 heavy (non-hydrogen) atoms. The maximum Gasteiger partial charge on any atom is 0.410 e. The van der Waals surface area contributed by atoms with Gasteiger partial charge in [0.25, 0.3) is 0 Å². The van der Waals surface area contributed by atoms with E-state index < -0.39 is 104 Å². The molecule has 370 valence electrons. The van der Waals surface area contributed by atoms with Crippen LogP contribution in [0.15, 0.2) is 96.1 Å². The number of nitrogens with zero attached hydrogens (tertiary/aromatic N) is 4. The van der Waals surface area contributed by atoms with Gasteiger partial charge < -0.3 is 53.3 Å². The Balaban J connectivity index is 1.07. The van der Waals surface area contributed by atoms with Crippen molar-refractivity contribution < 1.29 is 61.8 Å². The van der Waals surface area contributed by atoms with Crippen LogP contribution in [0.5, 0.6) is 0 Å². The Labute approximate surface area is 401 Å². The van der Waals surface area contributed by atoms with Gasteiger partial charge in [-0.3, -0.25) is 4.90 Å². The summed E-state index contributed by atoms with van der Waals surface area (Å²) in [7, 11) is 1.62. The molecule has 4 saturated heterocycles. The lowest BCUT2D eigenvalue weighted by Gasteiger charge is -2.51. The number of rotatable bonds is 14. The lowest BCUT2D eigenvalue weighted by atomic mass is 9.78. The van der Waals surface area contributed by atoms with E-state index in [0.29, 0.717) is 18.3 Å². The van der Waals surface area contributed by atoms with E-state index in [-0.39, 0.29) is 37.2 Å². The molecule has 3 aromatic rings. The third kappa shape index (κ3) is 11.2. The molecule has 0 bridgehead atoms. The van der Waals surface area contributed by atoms with Crippen LogP contribution in [0.1, 0.15) is 75.4 Å². The number of esters is 1. The first-order chi connectivity index (χ1) is 33.3. The number of likely N-dealkylation sites (N-methyl/N-ethyl adjacent to an activating group) is 1. The predicted octanol–water partition coefficient (Wildman–Crippen LogP) is 7.62. The van der Waals surface area contributed by atoms with E-state index in [1.165, 1.54) is 4.90 Å². The zero-order chi connectivity index (χ0) is 48.8. The molecule has 3 amide bonds. The second kappa shape index (κ2) is 22.2. The van der Waals surface area contributed by atoms with E-state index in [1.807, 2.05) is 43.3 Å². The Bertz CT molecular complexity index is 2270. The zero-order valence-electron chi connectivity index (χ0n) is 39.6. The van der Waals surface area contributed by atoms with Gasteiger partial charge >= 0.3 is 24.2 Å². The van der Waals surface area contributed by atoms with Gasteiger partial charge in [-0.1, -0.05) is 119 Å². The van der Waals surface area contributed by atoms with Crippen molar-refractivity contribution in [3.63, 3.8) is 0 Å². The van der Waals surface area contributed by atoms with Crippen molar-refractivity contribution in [3.8, 4) is 0 Å². The number of carbonyl (C=O) groups excluding carboxylic acids is 4. The van der Waals surface area contributed by atoms with Gasteiger partial charge in [0.1, 0.15) is 37.5 Å². The fraction of sp³-hybridized carbons (Fsp3) is 0.560. The predicted molar refractivity (Wildman–Crippen MR) is 246 cm³/mol. The normalized spacial score (nSPS) is 35.0. The Hall–Kier alpha value is -5.95. The van der Waals surface area contributed by atoms with Crippen molar-refractivity contribution in [1.29, 1.82) is 0 Å². The summed E-state index contributed by atoms with van der Waals surface area (Å²) in [4.78, 5) is 59.0. The largest absolute Gasteiger partial charge is 0.456 e. The molecule has 8 rings (SSSR count). The minimum atomic E-state index is -1.39. The van der Waals surface area contributed by atoms with E-state index >= 15 is 0 Å². The molecule has 5 fully saturated rings. The molecule has 5 aliphatic rings. The quantitative estimate of drug-likeness (QED) is 0.0522. The average molecular weight is 955 g/mol. The van der Waals surface area contributed by atoms with E-state index in [9.17, 15) is 24.7 Å². The van der Waals surface area contributed by atoms with Crippen LogP contribution in [0.3, 0.4) is 0 Å². The van der Waals surface area contributed by atoms with Gasteiger partial charge in [0.15, 0.2) is 25.0 Å². The first-order valence-electron chi connectivity index (χ1n) is 23.8. The molecule has 4 aliphatic heterocycles. The molecule has 19 nitrogen and oxygen atoms in total. The number of azide groups is 1. The van der Waals surface area contributed by atoms with Crippen molar-refractivity contribution in [2.75, 3.05) is 7.05 Å². The molecule has 1 saturated carbocycles. The van der Waals surface area contributed by atoms with Gasteiger partial charge in [-0.25, -0.2) is 19.2 Å². The number of hydrogen-bond donors (Lipinski definition) is 2. The standard InChI is InChI=1S/C50H62N6O13/c1-7-36-29(4)28(3)30(5)46(63-36)69-47-39-43(68-50(60)56(39)6)42-37(64-47)23-27(2)45(67-42)66-41-35(53-49(59)62-26-32-19-13-9-14-20-32)24-34(52-48(58)61-25-31-17-11-8-12-18-31)40(38(41)54-55-51)65-44(57)33-21-15-10-16-22-33/h8-22,27-30,34-43,45-47H,7,23-26H2,1-6H3,(H,52,58)(H,53,59)/t27-,28-,29-,30?,34+,35?,36?,37-,38+,39?,40?,41+,42?,43?,45-,46+,47?/m0/s1. The topological polar surface area (TPSA) is 227 Å². The van der Waals surface area contributed by atoms with Crippen LogP contribution in [0.25, 0.3) is 10.4 Å². The number of nitrogens with one attached hydrogen (secondary N) is 2. The molecular formula is C50H62N6O13. The van der Waals surface area contributed by atoms with Gasteiger partial charge in [-0.05, 0) is 59.9 Å². The molecule has 19 heteroatoms. The van der Waals surface area contributed by atoms with Gasteiger partial charge in [-0.15, -0.1) is 0 Å². The highest BCUT2D eigenvalue weighted by Crippen LogP contribution is 2.44. The Kier molecular flexibility index (Phi) is 15.9. The number of ether oxygens (including phenoxy) is 9. The number of fused-ring (bicyclic) bond motifs is 3. The van der Waals surface area contributed by atoms with E-state index in [1.54, 1.807) is 61.6 Å². The summed E-state index contributed by atoms with van der Waals surface area (Å²) in [5.41, 5.74) is 11.8. The highest BCUT2D eigenvalue weighted by atomic mass is 16.8. The minimum Gasteiger partial charge on any atom is -0.456 e. The lowest BCUT2D eigenvalue weighted by molar-refractivity contribution is -0.369. The molecule has 1 aliphatic carbocycles. The summed E-state index contributed by atoms with van der Waals surface area (Å²) < 4.78 is 56.9. The third-order valence-electron chi connectivity index (χ3n) is 14.3. The van der Waals surface area contributed by atoms with Crippen molar-refractivity contribution in [2.24, 2.45) is 28.8 Å². The van der Waals surface area contributed by atoms with Crippen molar-refractivity contribution in [2.45, 2.75) is 147 Å². The summed E-state index contributed by atoms with van der Waals surface area (Å²) in [6.45, 7) is 10.3. The van der Waals surface area contributed by atoms with Gasteiger partial charge in [0.05, 0.1) is 36.0 Å². The first kappa shape index (κ1) is 49.5. The number of amides is 3. The average Bonchev–Trinajstić information content (AvgIpc) is 3.66. The van der Waals surface area contributed by atoms with Crippen LogP contribution in [0.4, 0.5) is 14.4 Å². The molecule has 0 aromatic heterocycles.